The zero-order chi connectivity index (χ0) is 17.8. The van der Waals surface area contributed by atoms with Crippen LogP contribution in [0.25, 0.3) is 10.9 Å². The topological polar surface area (TPSA) is 69.7 Å². The Labute approximate surface area is 145 Å². The third kappa shape index (κ3) is 3.33. The molecular weight excluding hydrogens is 320 g/mol. The second kappa shape index (κ2) is 7.09. The van der Waals surface area contributed by atoms with Crippen LogP contribution in [0.1, 0.15) is 10.4 Å². The van der Waals surface area contributed by atoms with Crippen LogP contribution in [0, 0.1) is 0 Å². The van der Waals surface area contributed by atoms with E-state index in [-0.39, 0.29) is 5.97 Å². The van der Waals surface area contributed by atoms with Crippen LogP contribution in [0.3, 0.4) is 0 Å². The second-order valence-corrected chi connectivity index (χ2v) is 5.28. The molecule has 0 spiro atoms. The average molecular weight is 338 g/mol. The lowest BCUT2D eigenvalue weighted by molar-refractivity contribution is 0.0601. The molecule has 0 saturated heterocycles. The number of esters is 1. The number of hydrogen-bond acceptors (Lipinski definition) is 6. The Kier molecular flexibility index (Phi) is 4.70. The lowest BCUT2D eigenvalue weighted by atomic mass is 10.1. The quantitative estimate of drug-likeness (QED) is 0.714. The predicted octanol–water partition coefficient (Wildman–Crippen LogP) is 3.78. The van der Waals surface area contributed by atoms with Crippen LogP contribution in [-0.4, -0.2) is 32.3 Å². The number of benzene rings is 2. The Hall–Kier alpha value is -3.28. The number of methoxy groups -OCH3 is 3. The number of aromatic nitrogens is 1. The first-order valence-corrected chi connectivity index (χ1v) is 7.62. The van der Waals surface area contributed by atoms with Crippen molar-refractivity contribution in [2.24, 2.45) is 0 Å². The number of hydrogen-bond donors (Lipinski definition) is 1. The summed E-state index contributed by atoms with van der Waals surface area (Å²) in [6.45, 7) is 0. The number of rotatable bonds is 5. The minimum atomic E-state index is -0.363. The van der Waals surface area contributed by atoms with Crippen molar-refractivity contribution in [1.29, 1.82) is 0 Å². The van der Waals surface area contributed by atoms with Gasteiger partial charge in [-0.1, -0.05) is 0 Å². The van der Waals surface area contributed by atoms with E-state index in [1.54, 1.807) is 32.5 Å². The lowest BCUT2D eigenvalue weighted by Gasteiger charge is -2.13. The third-order valence-corrected chi connectivity index (χ3v) is 3.83. The summed E-state index contributed by atoms with van der Waals surface area (Å²) >= 11 is 0. The summed E-state index contributed by atoms with van der Waals surface area (Å²) < 4.78 is 15.4. The van der Waals surface area contributed by atoms with E-state index in [2.05, 4.69) is 10.3 Å². The fraction of sp³-hybridized carbons (Fsp3) is 0.158. The van der Waals surface area contributed by atoms with Crippen molar-refractivity contribution in [3.63, 3.8) is 0 Å². The molecule has 0 aliphatic heterocycles. The summed E-state index contributed by atoms with van der Waals surface area (Å²) in [5.74, 6) is 0.895. The number of carbonyl (C=O) groups excluding carboxylic acids is 1. The van der Waals surface area contributed by atoms with Crippen molar-refractivity contribution in [3.05, 3.63) is 54.2 Å². The van der Waals surface area contributed by atoms with E-state index < -0.39 is 0 Å². The molecule has 25 heavy (non-hydrogen) atoms. The number of carbonyl (C=O) groups is 1. The van der Waals surface area contributed by atoms with Gasteiger partial charge in [0.15, 0.2) is 11.5 Å². The van der Waals surface area contributed by atoms with Gasteiger partial charge in [0.25, 0.3) is 0 Å². The van der Waals surface area contributed by atoms with E-state index >= 15 is 0 Å². The third-order valence-electron chi connectivity index (χ3n) is 3.83. The van der Waals surface area contributed by atoms with E-state index in [1.807, 2.05) is 30.3 Å². The van der Waals surface area contributed by atoms with Gasteiger partial charge in [-0.05, 0) is 36.4 Å². The minimum Gasteiger partial charge on any atom is -0.493 e. The molecular formula is C19H18N2O4. The zero-order valence-electron chi connectivity index (χ0n) is 14.2. The van der Waals surface area contributed by atoms with Gasteiger partial charge >= 0.3 is 5.97 Å². The minimum absolute atomic E-state index is 0.363. The highest BCUT2D eigenvalue weighted by atomic mass is 16.5. The van der Waals surface area contributed by atoms with Crippen LogP contribution in [0.15, 0.2) is 48.7 Å². The van der Waals surface area contributed by atoms with Gasteiger partial charge in [0.1, 0.15) is 0 Å². The Morgan fingerprint density at radius 1 is 0.960 bits per heavy atom. The molecule has 1 heterocycles. The maximum Gasteiger partial charge on any atom is 0.337 e. The predicted molar refractivity (Wildman–Crippen MR) is 95.9 cm³/mol. The van der Waals surface area contributed by atoms with Crippen molar-refractivity contribution in [2.75, 3.05) is 26.6 Å². The Morgan fingerprint density at radius 3 is 2.28 bits per heavy atom. The van der Waals surface area contributed by atoms with E-state index in [0.717, 1.165) is 22.3 Å². The van der Waals surface area contributed by atoms with Gasteiger partial charge in [0.05, 0.1) is 32.4 Å². The van der Waals surface area contributed by atoms with Gasteiger partial charge in [-0.3, -0.25) is 4.98 Å². The molecule has 0 aliphatic rings. The lowest BCUT2D eigenvalue weighted by Crippen LogP contribution is -2.01. The zero-order valence-corrected chi connectivity index (χ0v) is 14.2. The van der Waals surface area contributed by atoms with Gasteiger partial charge in [-0.2, -0.15) is 0 Å². The normalized spacial score (nSPS) is 10.4. The average Bonchev–Trinajstić information content (AvgIpc) is 2.67. The first-order chi connectivity index (χ1) is 12.2. The number of fused-ring (bicyclic) bond motifs is 1. The summed E-state index contributed by atoms with van der Waals surface area (Å²) in [6, 6.07) is 12.6. The standard InChI is InChI=1S/C19H18N2O4/c1-23-17-10-14-15(8-9-20-16(14)11-18(17)24-2)21-13-6-4-12(5-7-13)19(22)25-3/h4-11H,1-3H3,(H,20,21). The molecule has 128 valence electrons. The van der Waals surface area contributed by atoms with Crippen molar-refractivity contribution < 1.29 is 19.0 Å². The molecule has 0 bridgehead atoms. The first kappa shape index (κ1) is 16.6. The van der Waals surface area contributed by atoms with Gasteiger partial charge < -0.3 is 19.5 Å². The molecule has 0 fully saturated rings. The highest BCUT2D eigenvalue weighted by molar-refractivity contribution is 5.95. The molecule has 0 aliphatic carbocycles. The number of nitrogens with zero attached hydrogens (tertiary/aromatic N) is 1. The molecule has 6 heteroatoms. The summed E-state index contributed by atoms with van der Waals surface area (Å²) in [7, 11) is 4.55. The van der Waals surface area contributed by atoms with Crippen LogP contribution < -0.4 is 14.8 Å². The number of ether oxygens (including phenoxy) is 3. The molecule has 0 radical (unpaired) electrons. The smallest absolute Gasteiger partial charge is 0.337 e. The van der Waals surface area contributed by atoms with E-state index in [4.69, 9.17) is 14.2 Å². The summed E-state index contributed by atoms with van der Waals surface area (Å²) in [6.07, 6.45) is 1.72. The highest BCUT2D eigenvalue weighted by Gasteiger charge is 2.10. The Balaban J connectivity index is 1.97. The van der Waals surface area contributed by atoms with Crippen LogP contribution in [-0.2, 0) is 4.74 Å². The molecule has 3 rings (SSSR count). The first-order valence-electron chi connectivity index (χ1n) is 7.62. The van der Waals surface area contributed by atoms with Crippen molar-refractivity contribution in [2.45, 2.75) is 0 Å². The molecule has 1 N–H and O–H groups in total. The van der Waals surface area contributed by atoms with Crippen LogP contribution in [0.5, 0.6) is 11.5 Å². The monoisotopic (exact) mass is 338 g/mol. The number of nitrogens with one attached hydrogen (secondary N) is 1. The second-order valence-electron chi connectivity index (χ2n) is 5.28. The summed E-state index contributed by atoms with van der Waals surface area (Å²) in [4.78, 5) is 15.9. The fourth-order valence-corrected chi connectivity index (χ4v) is 2.54. The van der Waals surface area contributed by atoms with Crippen LogP contribution in [0.2, 0.25) is 0 Å². The highest BCUT2D eigenvalue weighted by Crippen LogP contribution is 2.35. The van der Waals surface area contributed by atoms with Crippen LogP contribution in [0.4, 0.5) is 11.4 Å². The van der Waals surface area contributed by atoms with E-state index in [9.17, 15) is 4.79 Å². The molecule has 0 atom stereocenters. The SMILES string of the molecule is COC(=O)c1ccc(Nc2ccnc3cc(OC)c(OC)cc23)cc1. The Morgan fingerprint density at radius 2 is 1.64 bits per heavy atom. The maximum atomic E-state index is 11.5. The molecule has 0 saturated carbocycles. The van der Waals surface area contributed by atoms with Crippen molar-refractivity contribution in [1.82, 2.24) is 4.98 Å². The molecule has 0 unspecified atom stereocenters. The molecule has 2 aromatic carbocycles. The van der Waals surface area contributed by atoms with E-state index in [1.165, 1.54) is 7.11 Å². The van der Waals surface area contributed by atoms with Gasteiger partial charge in [0, 0.05) is 29.0 Å². The van der Waals surface area contributed by atoms with Crippen molar-refractivity contribution >= 4 is 28.2 Å². The van der Waals surface area contributed by atoms with Crippen molar-refractivity contribution in [3.8, 4) is 11.5 Å². The molecule has 6 nitrogen and oxygen atoms in total. The fourth-order valence-electron chi connectivity index (χ4n) is 2.54. The van der Waals surface area contributed by atoms with E-state index in [0.29, 0.717) is 17.1 Å². The largest absolute Gasteiger partial charge is 0.493 e. The van der Waals surface area contributed by atoms with Gasteiger partial charge in [-0.25, -0.2) is 4.79 Å². The van der Waals surface area contributed by atoms with Crippen LogP contribution >= 0.6 is 0 Å². The van der Waals surface area contributed by atoms with Gasteiger partial charge in [0.2, 0.25) is 0 Å². The molecule has 3 aromatic rings. The molecule has 0 amide bonds. The Bertz CT molecular complexity index is 907. The maximum absolute atomic E-state index is 11.5. The number of pyridine rings is 1. The summed E-state index contributed by atoms with van der Waals surface area (Å²) in [5.41, 5.74) is 3.00. The molecule has 1 aromatic heterocycles. The summed E-state index contributed by atoms with van der Waals surface area (Å²) in [5, 5.41) is 4.23. The van der Waals surface area contributed by atoms with Gasteiger partial charge in [-0.15, -0.1) is 0 Å². The number of anilines is 2.